The Morgan fingerprint density at radius 2 is 2.22 bits per heavy atom. The van der Waals surface area contributed by atoms with E-state index in [1.165, 1.54) is 0 Å². The van der Waals surface area contributed by atoms with Gasteiger partial charge in [-0.2, -0.15) is 0 Å². The lowest BCUT2D eigenvalue weighted by Crippen LogP contribution is -2.48. The third-order valence-corrected chi connectivity index (χ3v) is 3.24. The Balaban J connectivity index is 1.71. The van der Waals surface area contributed by atoms with Gasteiger partial charge in [-0.3, -0.25) is 9.63 Å². The molecule has 1 aromatic carbocycles. The summed E-state index contributed by atoms with van der Waals surface area (Å²) in [6.45, 7) is 3.47. The standard InChI is InChI=1S/C14H20N2O2/c1-11-7-8-15-13(9-11)14(17)16-18-10-12-5-3-2-4-6-12/h2-6,11,13,15H,7-10H2,1H3,(H,16,17)/t11-,13-/m1/s1. The highest BCUT2D eigenvalue weighted by atomic mass is 16.6. The molecule has 0 aromatic heterocycles. The number of piperidine rings is 1. The summed E-state index contributed by atoms with van der Waals surface area (Å²) in [5.74, 6) is 0.522. The molecule has 1 amide bonds. The third-order valence-electron chi connectivity index (χ3n) is 3.24. The highest BCUT2D eigenvalue weighted by Crippen LogP contribution is 2.14. The number of benzene rings is 1. The Morgan fingerprint density at radius 3 is 2.94 bits per heavy atom. The van der Waals surface area contributed by atoms with E-state index in [4.69, 9.17) is 4.84 Å². The summed E-state index contributed by atoms with van der Waals surface area (Å²) in [5, 5.41) is 3.21. The Bertz CT molecular complexity index is 381. The normalized spacial score (nSPS) is 23.6. The summed E-state index contributed by atoms with van der Waals surface area (Å²) in [6.07, 6.45) is 2.01. The third kappa shape index (κ3) is 3.82. The van der Waals surface area contributed by atoms with Gasteiger partial charge in [-0.1, -0.05) is 37.3 Å². The molecule has 1 aliphatic rings. The number of carbonyl (C=O) groups is 1. The lowest BCUT2D eigenvalue weighted by molar-refractivity contribution is -0.137. The Morgan fingerprint density at radius 1 is 1.44 bits per heavy atom. The fourth-order valence-corrected chi connectivity index (χ4v) is 2.14. The monoisotopic (exact) mass is 248 g/mol. The minimum absolute atomic E-state index is 0.0718. The van der Waals surface area contributed by atoms with Gasteiger partial charge in [0.1, 0.15) is 0 Å². The molecule has 0 aliphatic carbocycles. The first-order valence-corrected chi connectivity index (χ1v) is 6.44. The van der Waals surface area contributed by atoms with Crippen LogP contribution in [0.15, 0.2) is 30.3 Å². The van der Waals surface area contributed by atoms with Gasteiger partial charge in [0.15, 0.2) is 0 Å². The molecule has 0 bridgehead atoms. The van der Waals surface area contributed by atoms with Gasteiger partial charge >= 0.3 is 0 Å². The van der Waals surface area contributed by atoms with Crippen LogP contribution in [0.3, 0.4) is 0 Å². The number of hydrogen-bond donors (Lipinski definition) is 2. The number of carbonyl (C=O) groups excluding carboxylic acids is 1. The van der Waals surface area contributed by atoms with Gasteiger partial charge in [-0.25, -0.2) is 5.48 Å². The Hall–Kier alpha value is -1.39. The molecular formula is C14H20N2O2. The van der Waals surface area contributed by atoms with Gasteiger partial charge in [0, 0.05) is 0 Å². The highest BCUT2D eigenvalue weighted by Gasteiger charge is 2.24. The summed E-state index contributed by atoms with van der Waals surface area (Å²) in [4.78, 5) is 17.1. The number of nitrogens with one attached hydrogen (secondary N) is 2. The number of hydrogen-bond acceptors (Lipinski definition) is 3. The summed E-state index contributed by atoms with van der Waals surface area (Å²) < 4.78 is 0. The van der Waals surface area contributed by atoms with E-state index in [0.717, 1.165) is 24.9 Å². The molecule has 0 spiro atoms. The van der Waals surface area contributed by atoms with Crippen molar-refractivity contribution < 1.29 is 9.63 Å². The second-order valence-electron chi connectivity index (χ2n) is 4.88. The van der Waals surface area contributed by atoms with Crippen molar-refractivity contribution in [3.8, 4) is 0 Å². The van der Waals surface area contributed by atoms with Crippen molar-refractivity contribution in [3.63, 3.8) is 0 Å². The van der Waals surface area contributed by atoms with Crippen LogP contribution in [0.1, 0.15) is 25.3 Å². The summed E-state index contributed by atoms with van der Waals surface area (Å²) in [6, 6.07) is 9.66. The summed E-state index contributed by atoms with van der Waals surface area (Å²) in [5.41, 5.74) is 3.56. The van der Waals surface area contributed by atoms with Crippen LogP contribution in [0, 0.1) is 5.92 Å². The molecule has 0 radical (unpaired) electrons. The molecule has 1 aliphatic heterocycles. The van der Waals surface area contributed by atoms with E-state index in [2.05, 4.69) is 17.7 Å². The van der Waals surface area contributed by atoms with E-state index in [1.54, 1.807) is 0 Å². The topological polar surface area (TPSA) is 50.4 Å². The van der Waals surface area contributed by atoms with Gasteiger partial charge in [0.2, 0.25) is 0 Å². The molecule has 2 N–H and O–H groups in total. The van der Waals surface area contributed by atoms with Crippen molar-refractivity contribution >= 4 is 5.91 Å². The van der Waals surface area contributed by atoms with E-state index in [9.17, 15) is 4.79 Å². The molecule has 2 atom stereocenters. The summed E-state index contributed by atoms with van der Waals surface area (Å²) in [7, 11) is 0. The minimum atomic E-state index is -0.121. The Labute approximate surface area is 108 Å². The first-order chi connectivity index (χ1) is 8.75. The van der Waals surface area contributed by atoms with Crippen molar-refractivity contribution in [2.45, 2.75) is 32.4 Å². The van der Waals surface area contributed by atoms with Crippen LogP contribution in [0.5, 0.6) is 0 Å². The predicted molar refractivity (Wildman–Crippen MR) is 69.6 cm³/mol. The zero-order valence-corrected chi connectivity index (χ0v) is 10.7. The maximum Gasteiger partial charge on any atom is 0.260 e. The zero-order valence-electron chi connectivity index (χ0n) is 10.7. The first kappa shape index (κ1) is 13.1. The average molecular weight is 248 g/mol. The van der Waals surface area contributed by atoms with Gasteiger partial charge in [-0.05, 0) is 30.9 Å². The highest BCUT2D eigenvalue weighted by molar-refractivity contribution is 5.80. The Kier molecular flexibility index (Phi) is 4.73. The minimum Gasteiger partial charge on any atom is -0.306 e. The van der Waals surface area contributed by atoms with E-state index < -0.39 is 0 Å². The molecular weight excluding hydrogens is 228 g/mol. The van der Waals surface area contributed by atoms with Gasteiger partial charge in [0.05, 0.1) is 12.6 Å². The molecule has 1 heterocycles. The van der Waals surface area contributed by atoms with Crippen molar-refractivity contribution in [2.75, 3.05) is 6.54 Å². The molecule has 4 nitrogen and oxygen atoms in total. The smallest absolute Gasteiger partial charge is 0.260 e. The molecule has 0 saturated carbocycles. The van der Waals surface area contributed by atoms with E-state index >= 15 is 0 Å². The molecule has 4 heteroatoms. The number of hydroxylamine groups is 1. The average Bonchev–Trinajstić information content (AvgIpc) is 2.40. The van der Waals surface area contributed by atoms with E-state index in [1.807, 2.05) is 30.3 Å². The van der Waals surface area contributed by atoms with Crippen molar-refractivity contribution in [1.82, 2.24) is 10.8 Å². The molecule has 18 heavy (non-hydrogen) atoms. The first-order valence-electron chi connectivity index (χ1n) is 6.44. The SMILES string of the molecule is C[C@@H]1CCN[C@@H](C(=O)NOCc2ccccc2)C1. The zero-order chi connectivity index (χ0) is 12.8. The van der Waals surface area contributed by atoms with Crippen LogP contribution in [-0.4, -0.2) is 18.5 Å². The fraction of sp³-hybridized carbons (Fsp3) is 0.500. The molecule has 1 fully saturated rings. The lowest BCUT2D eigenvalue weighted by Gasteiger charge is -2.26. The summed E-state index contributed by atoms with van der Waals surface area (Å²) >= 11 is 0. The van der Waals surface area contributed by atoms with Crippen LogP contribution >= 0.6 is 0 Å². The number of rotatable bonds is 4. The van der Waals surface area contributed by atoms with Crippen molar-refractivity contribution in [3.05, 3.63) is 35.9 Å². The van der Waals surface area contributed by atoms with Crippen LogP contribution in [0.25, 0.3) is 0 Å². The van der Waals surface area contributed by atoms with E-state index in [0.29, 0.717) is 12.5 Å². The largest absolute Gasteiger partial charge is 0.306 e. The molecule has 1 aromatic rings. The second kappa shape index (κ2) is 6.52. The maximum absolute atomic E-state index is 11.8. The van der Waals surface area contributed by atoms with Crippen LogP contribution in [0.2, 0.25) is 0 Å². The molecule has 1 saturated heterocycles. The van der Waals surface area contributed by atoms with Crippen LogP contribution in [-0.2, 0) is 16.2 Å². The second-order valence-corrected chi connectivity index (χ2v) is 4.88. The number of amides is 1. The molecule has 2 rings (SSSR count). The van der Waals surface area contributed by atoms with Crippen LogP contribution < -0.4 is 10.8 Å². The van der Waals surface area contributed by atoms with Crippen LogP contribution in [0.4, 0.5) is 0 Å². The molecule has 98 valence electrons. The molecule has 0 unspecified atom stereocenters. The fourth-order valence-electron chi connectivity index (χ4n) is 2.14. The van der Waals surface area contributed by atoms with Gasteiger partial charge in [0.25, 0.3) is 5.91 Å². The maximum atomic E-state index is 11.8. The quantitative estimate of drug-likeness (QED) is 0.796. The van der Waals surface area contributed by atoms with Gasteiger partial charge in [-0.15, -0.1) is 0 Å². The van der Waals surface area contributed by atoms with Crippen molar-refractivity contribution in [2.24, 2.45) is 5.92 Å². The van der Waals surface area contributed by atoms with Crippen molar-refractivity contribution in [1.29, 1.82) is 0 Å². The lowest BCUT2D eigenvalue weighted by atomic mass is 9.94. The predicted octanol–water partition coefficient (Wildman–Crippen LogP) is 1.62. The van der Waals surface area contributed by atoms with E-state index in [-0.39, 0.29) is 11.9 Å². The van der Waals surface area contributed by atoms with Gasteiger partial charge < -0.3 is 5.32 Å².